The molecular weight excluding hydrogens is 240 g/mol. The number of amides is 1. The molecule has 0 radical (unpaired) electrons. The molecule has 1 aromatic carbocycles. The number of hydrogen-bond donors (Lipinski definition) is 1. The fraction of sp³-hybridized carbons (Fsp3) is 0.400. The van der Waals surface area contributed by atoms with Gasteiger partial charge < -0.3 is 14.6 Å². The number of benzene rings is 1. The van der Waals surface area contributed by atoms with Crippen LogP contribution in [0.5, 0.6) is 0 Å². The molecule has 3 rings (SSSR count). The standard InChI is InChI=1S/C15H18N2O2/c18-15(17-7-9-19-10-8-17)6-5-12-11-16-14-4-2-1-3-13(12)14/h1-4,11,16H,5-10H2. The van der Waals surface area contributed by atoms with Crippen LogP contribution in [-0.4, -0.2) is 42.1 Å². The van der Waals surface area contributed by atoms with Crippen LogP contribution < -0.4 is 0 Å². The van der Waals surface area contributed by atoms with Crippen molar-refractivity contribution in [3.63, 3.8) is 0 Å². The summed E-state index contributed by atoms with van der Waals surface area (Å²) in [5.74, 6) is 0.230. The molecule has 0 saturated carbocycles. The third-order valence-corrected chi connectivity index (χ3v) is 3.65. The summed E-state index contributed by atoms with van der Waals surface area (Å²) in [5.41, 5.74) is 2.36. The molecule has 100 valence electrons. The van der Waals surface area contributed by atoms with Gasteiger partial charge in [0, 0.05) is 36.6 Å². The van der Waals surface area contributed by atoms with Crippen molar-refractivity contribution in [2.45, 2.75) is 12.8 Å². The highest BCUT2D eigenvalue weighted by atomic mass is 16.5. The second-order valence-corrected chi connectivity index (χ2v) is 4.85. The maximum absolute atomic E-state index is 12.1. The van der Waals surface area contributed by atoms with Gasteiger partial charge in [0.05, 0.1) is 13.2 Å². The van der Waals surface area contributed by atoms with Crippen LogP contribution in [-0.2, 0) is 16.0 Å². The summed E-state index contributed by atoms with van der Waals surface area (Å²) in [6, 6.07) is 8.20. The fourth-order valence-electron chi connectivity index (χ4n) is 2.55. The number of nitrogens with one attached hydrogen (secondary N) is 1. The average Bonchev–Trinajstić information content (AvgIpc) is 2.89. The van der Waals surface area contributed by atoms with Gasteiger partial charge in [-0.05, 0) is 18.1 Å². The van der Waals surface area contributed by atoms with Gasteiger partial charge >= 0.3 is 0 Å². The summed E-state index contributed by atoms with van der Waals surface area (Å²) in [6.45, 7) is 2.79. The van der Waals surface area contributed by atoms with Crippen LogP contribution in [0, 0.1) is 0 Å². The molecule has 0 unspecified atom stereocenters. The normalized spacial score (nSPS) is 15.9. The Labute approximate surface area is 112 Å². The van der Waals surface area contributed by atoms with E-state index < -0.39 is 0 Å². The van der Waals surface area contributed by atoms with Gasteiger partial charge in [0.1, 0.15) is 0 Å². The molecule has 0 atom stereocenters. The Hall–Kier alpha value is -1.81. The maximum atomic E-state index is 12.1. The third kappa shape index (κ3) is 2.63. The van der Waals surface area contributed by atoms with Crippen molar-refractivity contribution in [3.05, 3.63) is 36.0 Å². The monoisotopic (exact) mass is 258 g/mol. The lowest BCUT2D eigenvalue weighted by Crippen LogP contribution is -2.40. The molecule has 1 aliphatic heterocycles. The molecule has 0 spiro atoms. The molecule has 2 aromatic rings. The highest BCUT2D eigenvalue weighted by Gasteiger charge is 2.16. The van der Waals surface area contributed by atoms with Gasteiger partial charge in [-0.15, -0.1) is 0 Å². The van der Waals surface area contributed by atoms with Crippen LogP contribution in [0.25, 0.3) is 10.9 Å². The quantitative estimate of drug-likeness (QED) is 0.914. The number of para-hydroxylation sites is 1. The molecule has 4 nitrogen and oxygen atoms in total. The van der Waals surface area contributed by atoms with Crippen molar-refractivity contribution in [1.29, 1.82) is 0 Å². The van der Waals surface area contributed by atoms with Crippen molar-refractivity contribution < 1.29 is 9.53 Å². The van der Waals surface area contributed by atoms with Gasteiger partial charge in [0.15, 0.2) is 0 Å². The Balaban J connectivity index is 1.64. The number of morpholine rings is 1. The molecule has 1 N–H and O–H groups in total. The van der Waals surface area contributed by atoms with E-state index in [9.17, 15) is 4.79 Å². The number of ether oxygens (including phenoxy) is 1. The fourth-order valence-corrected chi connectivity index (χ4v) is 2.55. The second-order valence-electron chi connectivity index (χ2n) is 4.85. The Morgan fingerprint density at radius 3 is 2.89 bits per heavy atom. The summed E-state index contributed by atoms with van der Waals surface area (Å²) in [6.07, 6.45) is 3.37. The number of aryl methyl sites for hydroxylation is 1. The Morgan fingerprint density at radius 1 is 1.26 bits per heavy atom. The number of carbonyl (C=O) groups excluding carboxylic acids is 1. The molecule has 1 saturated heterocycles. The minimum Gasteiger partial charge on any atom is -0.378 e. The van der Waals surface area contributed by atoms with E-state index in [0.29, 0.717) is 19.6 Å². The van der Waals surface area contributed by atoms with Gasteiger partial charge in [-0.3, -0.25) is 4.79 Å². The highest BCUT2D eigenvalue weighted by Crippen LogP contribution is 2.19. The van der Waals surface area contributed by atoms with Gasteiger partial charge in [-0.1, -0.05) is 18.2 Å². The summed E-state index contributed by atoms with van der Waals surface area (Å²) < 4.78 is 5.26. The zero-order valence-corrected chi connectivity index (χ0v) is 10.9. The van der Waals surface area contributed by atoms with Gasteiger partial charge in [-0.25, -0.2) is 0 Å². The number of nitrogens with zero attached hydrogens (tertiary/aromatic N) is 1. The number of hydrogen-bond acceptors (Lipinski definition) is 2. The lowest BCUT2D eigenvalue weighted by molar-refractivity contribution is -0.135. The first-order chi connectivity index (χ1) is 9.34. The van der Waals surface area contributed by atoms with Crippen LogP contribution in [0.4, 0.5) is 0 Å². The van der Waals surface area contributed by atoms with E-state index in [1.54, 1.807) is 0 Å². The Kier molecular flexibility index (Phi) is 3.51. The van der Waals surface area contributed by atoms with Gasteiger partial charge in [0.2, 0.25) is 5.91 Å². The predicted octanol–water partition coefficient (Wildman–Crippen LogP) is 1.96. The van der Waals surface area contributed by atoms with Gasteiger partial charge in [-0.2, -0.15) is 0 Å². The summed E-state index contributed by atoms with van der Waals surface area (Å²) >= 11 is 0. The Bertz CT molecular complexity index is 570. The highest BCUT2D eigenvalue weighted by molar-refractivity contribution is 5.84. The topological polar surface area (TPSA) is 45.3 Å². The Morgan fingerprint density at radius 2 is 2.05 bits per heavy atom. The molecule has 0 bridgehead atoms. The SMILES string of the molecule is O=C(CCc1c[nH]c2ccccc12)N1CCOCC1. The number of aromatic nitrogens is 1. The van der Waals surface area contributed by atoms with E-state index in [-0.39, 0.29) is 5.91 Å². The maximum Gasteiger partial charge on any atom is 0.223 e. The first-order valence-corrected chi connectivity index (χ1v) is 6.75. The first kappa shape index (κ1) is 12.2. The number of H-pyrrole nitrogens is 1. The van der Waals surface area contributed by atoms with Crippen LogP contribution in [0.3, 0.4) is 0 Å². The molecule has 4 heteroatoms. The van der Waals surface area contributed by atoms with Crippen LogP contribution in [0.2, 0.25) is 0 Å². The van der Waals surface area contributed by atoms with E-state index in [2.05, 4.69) is 17.1 Å². The number of aromatic amines is 1. The van der Waals surface area contributed by atoms with Crippen LogP contribution >= 0.6 is 0 Å². The zero-order valence-electron chi connectivity index (χ0n) is 10.9. The molecule has 19 heavy (non-hydrogen) atoms. The van der Waals surface area contributed by atoms with Gasteiger partial charge in [0.25, 0.3) is 0 Å². The van der Waals surface area contributed by atoms with Crippen molar-refractivity contribution in [2.24, 2.45) is 0 Å². The smallest absolute Gasteiger partial charge is 0.223 e. The number of fused-ring (bicyclic) bond motifs is 1. The second kappa shape index (κ2) is 5.45. The lowest BCUT2D eigenvalue weighted by Gasteiger charge is -2.26. The van der Waals surface area contributed by atoms with E-state index in [0.717, 1.165) is 25.0 Å². The minimum atomic E-state index is 0.230. The van der Waals surface area contributed by atoms with E-state index in [4.69, 9.17) is 4.74 Å². The van der Waals surface area contributed by atoms with Crippen molar-refractivity contribution in [1.82, 2.24) is 9.88 Å². The van der Waals surface area contributed by atoms with Crippen molar-refractivity contribution >= 4 is 16.8 Å². The van der Waals surface area contributed by atoms with Crippen LogP contribution in [0.15, 0.2) is 30.5 Å². The third-order valence-electron chi connectivity index (χ3n) is 3.65. The number of carbonyl (C=O) groups is 1. The predicted molar refractivity (Wildman–Crippen MR) is 74.0 cm³/mol. The van der Waals surface area contributed by atoms with E-state index in [1.165, 1.54) is 10.9 Å². The van der Waals surface area contributed by atoms with Crippen LogP contribution in [0.1, 0.15) is 12.0 Å². The summed E-state index contributed by atoms with van der Waals surface area (Å²) in [7, 11) is 0. The van der Waals surface area contributed by atoms with E-state index >= 15 is 0 Å². The summed E-state index contributed by atoms with van der Waals surface area (Å²) in [5, 5.41) is 1.22. The molecule has 1 aromatic heterocycles. The number of rotatable bonds is 3. The molecule has 2 heterocycles. The average molecular weight is 258 g/mol. The molecular formula is C15H18N2O2. The largest absolute Gasteiger partial charge is 0.378 e. The lowest BCUT2D eigenvalue weighted by atomic mass is 10.1. The minimum absolute atomic E-state index is 0.230. The van der Waals surface area contributed by atoms with Crippen molar-refractivity contribution in [3.8, 4) is 0 Å². The zero-order chi connectivity index (χ0) is 13.1. The molecule has 0 aliphatic carbocycles. The molecule has 1 fully saturated rings. The van der Waals surface area contributed by atoms with Crippen molar-refractivity contribution in [2.75, 3.05) is 26.3 Å². The summed E-state index contributed by atoms with van der Waals surface area (Å²) in [4.78, 5) is 17.2. The first-order valence-electron chi connectivity index (χ1n) is 6.75. The molecule has 1 aliphatic rings. The van der Waals surface area contributed by atoms with E-state index in [1.807, 2.05) is 23.2 Å². The molecule has 1 amide bonds.